The summed E-state index contributed by atoms with van der Waals surface area (Å²) in [6, 6.07) is 7.90. The number of nitrogens with zero attached hydrogens (tertiary/aromatic N) is 3. The Balaban J connectivity index is 0.00000819. The fourth-order valence-corrected chi connectivity index (χ4v) is 8.80. The molecule has 61 heavy (non-hydrogen) atoms. The van der Waals surface area contributed by atoms with Gasteiger partial charge in [-0.25, -0.2) is 19.6 Å². The lowest BCUT2D eigenvalue weighted by Crippen LogP contribution is -2.60. The molecule has 4 heterocycles. The number of esters is 1. The van der Waals surface area contributed by atoms with E-state index in [4.69, 9.17) is 28.4 Å². The van der Waals surface area contributed by atoms with Gasteiger partial charge in [-0.3, -0.25) is 14.4 Å². The number of Topliss-reactive ketones (excluding diaryl/α,β-unsaturated/α-hetero) is 2. The number of cyclic esters (lactones) is 1. The summed E-state index contributed by atoms with van der Waals surface area (Å²) in [5.74, 6) is -5.53. The summed E-state index contributed by atoms with van der Waals surface area (Å²) in [4.78, 5) is 79.5. The van der Waals surface area contributed by atoms with Crippen molar-refractivity contribution in [1.82, 2.24) is 20.2 Å². The van der Waals surface area contributed by atoms with Gasteiger partial charge in [0, 0.05) is 41.8 Å². The minimum absolute atomic E-state index is 0. The first kappa shape index (κ1) is 48.9. The molecule has 5 rings (SSSR count). The smallest absolute Gasteiger partial charge is 0.458 e. The van der Waals surface area contributed by atoms with Crippen molar-refractivity contribution in [3.8, 4) is 11.4 Å². The molecule has 0 unspecified atom stereocenters. The highest BCUT2D eigenvalue weighted by Gasteiger charge is 2.57. The Bertz CT molecular complexity index is 1880. The van der Waals surface area contributed by atoms with Crippen molar-refractivity contribution in [2.75, 3.05) is 20.7 Å². The third-order valence-electron chi connectivity index (χ3n) is 12.1. The molecule has 3 saturated heterocycles. The van der Waals surface area contributed by atoms with Crippen LogP contribution in [-0.4, -0.2) is 124 Å². The Hall–Kier alpha value is -4.77. The van der Waals surface area contributed by atoms with Crippen LogP contribution in [0.25, 0.3) is 17.5 Å². The summed E-state index contributed by atoms with van der Waals surface area (Å²) < 4.78 is 36.0. The van der Waals surface area contributed by atoms with E-state index in [-0.39, 0.29) is 38.8 Å². The van der Waals surface area contributed by atoms with Crippen molar-refractivity contribution in [1.29, 1.82) is 0 Å². The van der Waals surface area contributed by atoms with E-state index in [1.165, 1.54) is 20.8 Å². The van der Waals surface area contributed by atoms with Gasteiger partial charge in [0.05, 0.1) is 12.1 Å². The Kier molecular flexibility index (Phi) is 16.4. The van der Waals surface area contributed by atoms with Gasteiger partial charge in [-0.15, -0.1) is 0 Å². The number of rotatable bonds is 9. The van der Waals surface area contributed by atoms with Crippen molar-refractivity contribution in [3.05, 3.63) is 54.4 Å². The fraction of sp³-hybridized carbons (Fsp3) is 0.622. The van der Waals surface area contributed by atoms with Gasteiger partial charge in [-0.1, -0.05) is 65.5 Å². The van der Waals surface area contributed by atoms with Crippen LogP contribution in [0.1, 0.15) is 87.6 Å². The van der Waals surface area contributed by atoms with Gasteiger partial charge in [-0.05, 0) is 78.8 Å². The number of aliphatic hydroxyl groups is 1. The van der Waals surface area contributed by atoms with Crippen molar-refractivity contribution in [3.63, 3.8) is 0 Å². The number of likely N-dealkylation sites (N-methyl/N-ethyl adjacent to an activating group) is 1. The zero-order valence-electron chi connectivity index (χ0n) is 36.2. The Morgan fingerprint density at radius 2 is 1.66 bits per heavy atom. The number of aromatic nitrogens is 2. The monoisotopic (exact) mass is 852 g/mol. The number of ketones is 2. The zero-order valence-corrected chi connectivity index (χ0v) is 36.2. The normalized spacial score (nSPS) is 35.0. The second kappa shape index (κ2) is 20.4. The number of fused-ring (bicyclic) bond motifs is 1. The number of carbonyl (C=O) groups is 5. The maximum atomic E-state index is 14.4. The standard InChI is InChI=1S/C44H60N4O12.CH4/c1-11-32-44(8)36(47-41(53)59-44)26(4)33(49)24(2)23-43(7,60-42(54)55-21-12-14-29-15-17-30(18-16-29)38-45-19-13-20-46-38)37(27(5)34(50)28(6)39(52)57-32)58-40-35(51)31(48(9)10)22-25(3)56-40;/h12-20,24-28,31-32,35-37,40,51H,11,21-23H2,1-10H3,(H,47,53);1H4/b14-12+;/t24-,25-,26+,27+,28-,31+,32-,35-,36-,37-,40+,43-,44-;/m1./s1. The molecule has 3 fully saturated rings. The molecule has 1 aromatic carbocycles. The number of amides is 1. The van der Waals surface area contributed by atoms with Crippen molar-refractivity contribution in [2.45, 2.75) is 136 Å². The summed E-state index contributed by atoms with van der Waals surface area (Å²) in [7, 11) is 3.63. The lowest BCUT2D eigenvalue weighted by Gasteiger charge is -2.46. The van der Waals surface area contributed by atoms with Crippen LogP contribution < -0.4 is 5.32 Å². The molecule has 13 atom stereocenters. The highest BCUT2D eigenvalue weighted by molar-refractivity contribution is 6.00. The third-order valence-corrected chi connectivity index (χ3v) is 12.1. The number of nitrogens with one attached hydrogen (secondary N) is 1. The summed E-state index contributed by atoms with van der Waals surface area (Å²) in [6.45, 7) is 12.7. The Morgan fingerprint density at radius 3 is 2.28 bits per heavy atom. The van der Waals surface area contributed by atoms with Crippen molar-refractivity contribution in [2.24, 2.45) is 23.7 Å². The van der Waals surface area contributed by atoms with Gasteiger partial charge in [0.15, 0.2) is 23.5 Å². The predicted molar refractivity (Wildman–Crippen MR) is 225 cm³/mol. The van der Waals surface area contributed by atoms with E-state index in [1.54, 1.807) is 58.3 Å². The summed E-state index contributed by atoms with van der Waals surface area (Å²) in [5.41, 5.74) is -1.61. The average Bonchev–Trinajstić information content (AvgIpc) is 3.53. The summed E-state index contributed by atoms with van der Waals surface area (Å²) >= 11 is 0. The molecule has 3 aliphatic rings. The van der Waals surface area contributed by atoms with E-state index in [9.17, 15) is 29.1 Å². The Labute approximate surface area is 359 Å². The molecule has 2 N–H and O–H groups in total. The average molecular weight is 853 g/mol. The first-order valence-corrected chi connectivity index (χ1v) is 20.6. The lowest BCUT2D eigenvalue weighted by atomic mass is 9.73. The second-order valence-electron chi connectivity index (χ2n) is 16.9. The van der Waals surface area contributed by atoms with Crippen LogP contribution in [0.2, 0.25) is 0 Å². The molecule has 2 aromatic rings. The number of carbonyl (C=O) groups excluding carboxylic acids is 5. The molecule has 336 valence electrons. The van der Waals surface area contributed by atoms with Gasteiger partial charge >= 0.3 is 18.2 Å². The molecule has 16 nitrogen and oxygen atoms in total. The van der Waals surface area contributed by atoms with Crippen LogP contribution in [0.5, 0.6) is 0 Å². The van der Waals surface area contributed by atoms with Gasteiger partial charge in [0.25, 0.3) is 0 Å². The number of benzene rings is 1. The zero-order chi connectivity index (χ0) is 44.1. The molecule has 0 bridgehead atoms. The van der Waals surface area contributed by atoms with Gasteiger partial charge in [-0.2, -0.15) is 0 Å². The minimum Gasteiger partial charge on any atom is -0.458 e. The van der Waals surface area contributed by atoms with Crippen LogP contribution in [0, 0.1) is 23.7 Å². The lowest BCUT2D eigenvalue weighted by molar-refractivity contribution is -0.293. The second-order valence-corrected chi connectivity index (χ2v) is 16.9. The number of alkyl carbamates (subject to hydrolysis) is 1. The van der Waals surface area contributed by atoms with Crippen LogP contribution in [-0.2, 0) is 42.8 Å². The highest BCUT2D eigenvalue weighted by atomic mass is 16.8. The molecule has 0 saturated carbocycles. The van der Waals surface area contributed by atoms with Gasteiger partial charge in [0.2, 0.25) is 0 Å². The highest BCUT2D eigenvalue weighted by Crippen LogP contribution is 2.40. The fourth-order valence-electron chi connectivity index (χ4n) is 8.80. The van der Waals surface area contributed by atoms with E-state index in [0.717, 1.165) is 11.1 Å². The predicted octanol–water partition coefficient (Wildman–Crippen LogP) is 5.79. The molecule has 0 radical (unpaired) electrons. The minimum atomic E-state index is -1.81. The first-order valence-electron chi connectivity index (χ1n) is 20.6. The van der Waals surface area contributed by atoms with E-state index in [2.05, 4.69) is 15.3 Å². The number of hydrogen-bond donors (Lipinski definition) is 2. The van der Waals surface area contributed by atoms with Gasteiger partial charge < -0.3 is 43.7 Å². The van der Waals surface area contributed by atoms with Crippen LogP contribution in [0.4, 0.5) is 9.59 Å². The van der Waals surface area contributed by atoms with Crippen molar-refractivity contribution >= 4 is 35.9 Å². The number of hydrogen-bond acceptors (Lipinski definition) is 15. The molecule has 1 amide bonds. The van der Waals surface area contributed by atoms with Crippen LogP contribution in [0.15, 0.2) is 48.8 Å². The van der Waals surface area contributed by atoms with Crippen LogP contribution >= 0.6 is 0 Å². The molecular formula is C45H64N4O12. The molecule has 3 aliphatic heterocycles. The van der Waals surface area contributed by atoms with E-state index < -0.39 is 95.6 Å². The number of ether oxygens (including phenoxy) is 6. The van der Waals surface area contributed by atoms with Crippen LogP contribution in [0.3, 0.4) is 0 Å². The molecule has 1 aromatic heterocycles. The largest absolute Gasteiger partial charge is 0.509 e. The molecule has 16 heteroatoms. The summed E-state index contributed by atoms with van der Waals surface area (Å²) in [5, 5.41) is 14.3. The SMILES string of the molecule is C.CC[C@H]1OC(=O)[C@H](C)C(=O)[C@H](C)[C@@H](O[C@@H]2O[C@H](C)C[C@H](N(C)C)[C@H]2O)[C@](C)(OC(=O)OC/C=C/c2ccc(-c3ncccn3)cc2)C[C@@H](C)C(=O)[C@H](C)[C@H]2NC(=O)O[C@@]21C. The van der Waals surface area contributed by atoms with E-state index >= 15 is 0 Å². The quantitative estimate of drug-likeness (QED) is 0.174. The molecule has 0 spiro atoms. The van der Waals surface area contributed by atoms with E-state index in [0.29, 0.717) is 12.2 Å². The number of aliphatic hydroxyl groups excluding tert-OH is 1. The third kappa shape index (κ3) is 11.0. The first-order chi connectivity index (χ1) is 28.3. The van der Waals surface area contributed by atoms with E-state index in [1.807, 2.05) is 50.2 Å². The molecule has 0 aliphatic carbocycles. The maximum absolute atomic E-state index is 14.4. The maximum Gasteiger partial charge on any atom is 0.509 e. The summed E-state index contributed by atoms with van der Waals surface area (Å²) in [6.07, 6.45) is 0.0576. The topological polar surface area (TPSA) is 202 Å². The van der Waals surface area contributed by atoms with Crippen molar-refractivity contribution < 1.29 is 57.5 Å². The Morgan fingerprint density at radius 1 is 1.00 bits per heavy atom. The van der Waals surface area contributed by atoms with Gasteiger partial charge in [0.1, 0.15) is 42.2 Å². The molecular weight excluding hydrogens is 789 g/mol.